The van der Waals surface area contributed by atoms with Crippen molar-refractivity contribution in [3.05, 3.63) is 96.1 Å². The largest absolute Gasteiger partial charge is 0.368 e. The molecule has 7 heteroatoms. The minimum Gasteiger partial charge on any atom is -0.368 e. The Morgan fingerprint density at radius 1 is 0.833 bits per heavy atom. The summed E-state index contributed by atoms with van der Waals surface area (Å²) in [6, 6.07) is 26.8. The Morgan fingerprint density at radius 3 is 2.31 bits per heavy atom. The molecule has 3 aliphatic heterocycles. The Bertz CT molecular complexity index is 1310. The van der Waals surface area contributed by atoms with Crippen molar-refractivity contribution in [2.24, 2.45) is 5.41 Å². The number of carbonyl (C=O) groups excluding carboxylic acids is 3. The molecule has 182 valence electrons. The van der Waals surface area contributed by atoms with Crippen LogP contribution in [0.4, 0.5) is 16.2 Å². The van der Waals surface area contributed by atoms with Crippen LogP contribution in [-0.4, -0.2) is 55.0 Å². The van der Waals surface area contributed by atoms with E-state index >= 15 is 0 Å². The highest BCUT2D eigenvalue weighted by atomic mass is 16.2. The van der Waals surface area contributed by atoms with Gasteiger partial charge in [-0.25, -0.2) is 4.79 Å². The molecule has 0 bridgehead atoms. The number of para-hydroxylation sites is 2. The first-order chi connectivity index (χ1) is 17.6. The van der Waals surface area contributed by atoms with Gasteiger partial charge in [0, 0.05) is 37.6 Å². The molecule has 36 heavy (non-hydrogen) atoms. The smallest absolute Gasteiger partial charge is 0.330 e. The molecule has 0 unspecified atom stereocenters. The Labute approximate surface area is 210 Å². The Kier molecular flexibility index (Phi) is 5.48. The number of nitrogens with zero attached hydrogens (tertiary/aromatic N) is 3. The van der Waals surface area contributed by atoms with Crippen molar-refractivity contribution in [3.63, 3.8) is 0 Å². The summed E-state index contributed by atoms with van der Waals surface area (Å²) in [5, 5.41) is 2.56. The lowest BCUT2D eigenvalue weighted by molar-refractivity contribution is -0.153. The second kappa shape index (κ2) is 8.82. The average molecular weight is 481 g/mol. The fourth-order valence-electron chi connectivity index (χ4n) is 5.97. The lowest BCUT2D eigenvalue weighted by Gasteiger charge is -2.55. The minimum atomic E-state index is -1.38. The van der Waals surface area contributed by atoms with Gasteiger partial charge in [0.15, 0.2) is 5.41 Å². The van der Waals surface area contributed by atoms with Crippen LogP contribution in [0.3, 0.4) is 0 Å². The first-order valence-electron chi connectivity index (χ1n) is 12.4. The highest BCUT2D eigenvalue weighted by Crippen LogP contribution is 2.46. The molecule has 6 rings (SSSR count). The number of piperazine rings is 1. The summed E-state index contributed by atoms with van der Waals surface area (Å²) >= 11 is 0. The SMILES string of the molecule is O=C1NC(=O)[C@]2(Cc3ccccc3N3CCN(c4ccccc4)C[C@H]32)C(=O)N1CCc1ccccc1. The quantitative estimate of drug-likeness (QED) is 0.581. The molecule has 0 aromatic heterocycles. The normalized spacial score (nSPS) is 23.4. The lowest BCUT2D eigenvalue weighted by atomic mass is 9.67. The summed E-state index contributed by atoms with van der Waals surface area (Å²) < 4.78 is 0. The van der Waals surface area contributed by atoms with Crippen LogP contribution in [0.5, 0.6) is 0 Å². The van der Waals surface area contributed by atoms with Crippen LogP contribution in [0.15, 0.2) is 84.9 Å². The molecule has 3 aromatic carbocycles. The van der Waals surface area contributed by atoms with Crippen LogP contribution in [0.1, 0.15) is 11.1 Å². The maximum Gasteiger partial charge on any atom is 0.330 e. The number of imide groups is 2. The van der Waals surface area contributed by atoms with E-state index in [1.807, 2.05) is 66.7 Å². The highest BCUT2D eigenvalue weighted by molar-refractivity contribution is 6.20. The Morgan fingerprint density at radius 2 is 1.53 bits per heavy atom. The first-order valence-corrected chi connectivity index (χ1v) is 12.4. The molecular weight excluding hydrogens is 452 g/mol. The summed E-state index contributed by atoms with van der Waals surface area (Å²) in [4.78, 5) is 46.5. The fourth-order valence-corrected chi connectivity index (χ4v) is 5.97. The zero-order valence-electron chi connectivity index (χ0n) is 20.0. The van der Waals surface area contributed by atoms with Crippen LogP contribution in [-0.2, 0) is 22.4 Å². The summed E-state index contributed by atoms with van der Waals surface area (Å²) in [6.45, 7) is 2.19. The number of carbonyl (C=O) groups is 3. The third-order valence-corrected chi connectivity index (χ3v) is 7.81. The second-order valence-corrected chi connectivity index (χ2v) is 9.72. The van der Waals surface area contributed by atoms with Gasteiger partial charge in [-0.15, -0.1) is 0 Å². The molecule has 2 saturated heterocycles. The van der Waals surface area contributed by atoms with Crippen LogP contribution < -0.4 is 15.1 Å². The number of nitrogens with one attached hydrogen (secondary N) is 1. The van der Waals surface area contributed by atoms with E-state index in [-0.39, 0.29) is 13.0 Å². The number of amides is 4. The molecule has 0 radical (unpaired) electrons. The van der Waals surface area contributed by atoms with Gasteiger partial charge in [0.2, 0.25) is 11.8 Å². The molecular formula is C29H28N4O3. The van der Waals surface area contributed by atoms with Gasteiger partial charge in [-0.3, -0.25) is 19.8 Å². The van der Waals surface area contributed by atoms with E-state index in [9.17, 15) is 14.4 Å². The van der Waals surface area contributed by atoms with Gasteiger partial charge in [0.05, 0.1) is 6.04 Å². The molecule has 0 saturated carbocycles. The number of urea groups is 1. The van der Waals surface area contributed by atoms with Crippen molar-refractivity contribution in [1.82, 2.24) is 10.2 Å². The molecule has 2 atom stereocenters. The van der Waals surface area contributed by atoms with Crippen LogP contribution in [0.25, 0.3) is 0 Å². The van der Waals surface area contributed by atoms with Gasteiger partial charge in [-0.05, 0) is 42.2 Å². The maximum atomic E-state index is 14.3. The van der Waals surface area contributed by atoms with Gasteiger partial charge in [0.1, 0.15) is 0 Å². The number of anilines is 2. The molecule has 7 nitrogen and oxygen atoms in total. The van der Waals surface area contributed by atoms with Gasteiger partial charge in [-0.1, -0.05) is 66.7 Å². The van der Waals surface area contributed by atoms with E-state index in [1.54, 1.807) is 0 Å². The van der Waals surface area contributed by atoms with Gasteiger partial charge in [0.25, 0.3) is 0 Å². The number of hydrogen-bond donors (Lipinski definition) is 1. The molecule has 3 heterocycles. The summed E-state index contributed by atoms with van der Waals surface area (Å²) in [7, 11) is 0. The van der Waals surface area contributed by atoms with Crippen molar-refractivity contribution in [2.45, 2.75) is 18.9 Å². The number of benzene rings is 3. The summed E-state index contributed by atoms with van der Waals surface area (Å²) in [6.07, 6.45) is 0.804. The van der Waals surface area contributed by atoms with E-state index in [0.29, 0.717) is 19.5 Å². The Hall–Kier alpha value is -4.13. The monoisotopic (exact) mass is 480 g/mol. The predicted molar refractivity (Wildman–Crippen MR) is 138 cm³/mol. The molecule has 2 fully saturated rings. The predicted octanol–water partition coefficient (Wildman–Crippen LogP) is 3.25. The van der Waals surface area contributed by atoms with Crippen LogP contribution in [0, 0.1) is 5.41 Å². The van der Waals surface area contributed by atoms with Gasteiger partial charge < -0.3 is 9.80 Å². The molecule has 3 aromatic rings. The van der Waals surface area contributed by atoms with Crippen LogP contribution >= 0.6 is 0 Å². The standard InChI is InChI=1S/C29H28N4O3/c34-26-29(27(35)33(28(36)30-26)16-15-21-9-3-1-4-10-21)19-22-11-7-8-14-24(22)32-18-17-31(20-25(29)32)23-12-5-2-6-13-23/h1-14,25H,15-20H2,(H,30,34,36)/t25-,29+/m0/s1. The fraction of sp³-hybridized carbons (Fsp3) is 0.276. The van der Waals surface area contributed by atoms with Gasteiger partial charge in [-0.2, -0.15) is 0 Å². The molecule has 4 amide bonds. The molecule has 1 spiro atoms. The lowest BCUT2D eigenvalue weighted by Crippen LogP contribution is -2.75. The van der Waals surface area contributed by atoms with E-state index in [0.717, 1.165) is 29.0 Å². The van der Waals surface area contributed by atoms with E-state index < -0.39 is 29.3 Å². The van der Waals surface area contributed by atoms with E-state index in [4.69, 9.17) is 0 Å². The number of fused-ring (bicyclic) bond motifs is 4. The number of rotatable bonds is 4. The number of barbiturate groups is 1. The van der Waals surface area contributed by atoms with E-state index in [1.165, 1.54) is 4.90 Å². The van der Waals surface area contributed by atoms with E-state index in [2.05, 4.69) is 33.3 Å². The number of hydrogen-bond acceptors (Lipinski definition) is 5. The van der Waals surface area contributed by atoms with Crippen LogP contribution in [0.2, 0.25) is 0 Å². The molecule has 1 N–H and O–H groups in total. The van der Waals surface area contributed by atoms with Crippen molar-refractivity contribution in [1.29, 1.82) is 0 Å². The zero-order valence-corrected chi connectivity index (χ0v) is 20.0. The summed E-state index contributed by atoms with van der Waals surface area (Å²) in [5.41, 5.74) is 2.74. The average Bonchev–Trinajstić information content (AvgIpc) is 2.92. The van der Waals surface area contributed by atoms with Crippen molar-refractivity contribution in [3.8, 4) is 0 Å². The van der Waals surface area contributed by atoms with Gasteiger partial charge >= 0.3 is 6.03 Å². The minimum absolute atomic E-state index is 0.223. The first kappa shape index (κ1) is 22.3. The Balaban J connectivity index is 1.39. The van der Waals surface area contributed by atoms with Crippen molar-refractivity contribution < 1.29 is 14.4 Å². The van der Waals surface area contributed by atoms with Crippen molar-refractivity contribution in [2.75, 3.05) is 36.0 Å². The highest BCUT2D eigenvalue weighted by Gasteiger charge is 2.62. The molecule has 3 aliphatic rings. The van der Waals surface area contributed by atoms with Crippen molar-refractivity contribution >= 4 is 29.2 Å². The second-order valence-electron chi connectivity index (χ2n) is 9.72. The molecule has 0 aliphatic carbocycles. The topological polar surface area (TPSA) is 73.0 Å². The third-order valence-electron chi connectivity index (χ3n) is 7.81. The maximum absolute atomic E-state index is 14.3. The summed E-state index contributed by atoms with van der Waals surface area (Å²) in [5.74, 6) is -0.889. The zero-order chi connectivity index (χ0) is 24.7. The third kappa shape index (κ3) is 3.54.